The first-order valence-corrected chi connectivity index (χ1v) is 8.15. The van der Waals surface area contributed by atoms with E-state index in [4.69, 9.17) is 5.73 Å². The zero-order valence-electron chi connectivity index (χ0n) is 13.4. The van der Waals surface area contributed by atoms with Gasteiger partial charge in [-0.15, -0.1) is 0 Å². The fraction of sp³-hybridized carbons (Fsp3) is 0.263. The van der Waals surface area contributed by atoms with Crippen molar-refractivity contribution in [3.8, 4) is 0 Å². The Morgan fingerprint density at radius 3 is 2.67 bits per heavy atom. The molecule has 1 aliphatic carbocycles. The second kappa shape index (κ2) is 7.17. The largest absolute Gasteiger partial charge is 0.376 e. The molecule has 0 saturated carbocycles. The highest BCUT2D eigenvalue weighted by Crippen LogP contribution is 2.29. The van der Waals surface area contributed by atoms with Gasteiger partial charge in [0, 0.05) is 5.69 Å². The number of carbonyl (C=O) groups is 2. The molecule has 0 heterocycles. The molecule has 0 spiro atoms. The smallest absolute Gasteiger partial charge is 0.250 e. The third kappa shape index (κ3) is 3.56. The van der Waals surface area contributed by atoms with Gasteiger partial charge in [-0.05, 0) is 42.5 Å². The van der Waals surface area contributed by atoms with Gasteiger partial charge in [0.15, 0.2) is 0 Å². The van der Waals surface area contributed by atoms with Gasteiger partial charge < -0.3 is 16.4 Å². The molecule has 2 aromatic rings. The monoisotopic (exact) mass is 323 g/mol. The van der Waals surface area contributed by atoms with E-state index >= 15 is 0 Å². The molecule has 2 amide bonds. The highest BCUT2D eigenvalue weighted by Gasteiger charge is 2.21. The third-order valence-electron chi connectivity index (χ3n) is 4.34. The molecule has 0 bridgehead atoms. The van der Waals surface area contributed by atoms with E-state index in [0.717, 1.165) is 19.3 Å². The van der Waals surface area contributed by atoms with Crippen molar-refractivity contribution in [3.63, 3.8) is 0 Å². The van der Waals surface area contributed by atoms with Crippen LogP contribution >= 0.6 is 0 Å². The van der Waals surface area contributed by atoms with Gasteiger partial charge in [-0.3, -0.25) is 9.59 Å². The Labute approximate surface area is 141 Å². The lowest BCUT2D eigenvalue weighted by atomic mass is 9.88. The second-order valence-corrected chi connectivity index (χ2v) is 5.97. The molecule has 1 atom stereocenters. The number of primary amides is 1. The molecule has 24 heavy (non-hydrogen) atoms. The summed E-state index contributed by atoms with van der Waals surface area (Å²) in [5.74, 6) is -0.615. The summed E-state index contributed by atoms with van der Waals surface area (Å²) in [5, 5.41) is 6.07. The predicted molar refractivity (Wildman–Crippen MR) is 93.7 cm³/mol. The lowest BCUT2D eigenvalue weighted by Crippen LogP contribution is -2.35. The first-order valence-electron chi connectivity index (χ1n) is 8.15. The molecule has 0 saturated heterocycles. The molecule has 4 N–H and O–H groups in total. The van der Waals surface area contributed by atoms with E-state index in [1.54, 1.807) is 24.3 Å². The van der Waals surface area contributed by atoms with Crippen LogP contribution in [0.15, 0.2) is 48.5 Å². The van der Waals surface area contributed by atoms with Gasteiger partial charge in [-0.25, -0.2) is 0 Å². The summed E-state index contributed by atoms with van der Waals surface area (Å²) in [6.45, 7) is 0.100. The van der Waals surface area contributed by atoms with Crippen LogP contribution in [0.3, 0.4) is 0 Å². The maximum Gasteiger partial charge on any atom is 0.250 e. The zero-order valence-corrected chi connectivity index (χ0v) is 13.4. The second-order valence-electron chi connectivity index (χ2n) is 5.97. The lowest BCUT2D eigenvalue weighted by molar-refractivity contribution is -0.120. The van der Waals surface area contributed by atoms with E-state index in [9.17, 15) is 9.59 Å². The van der Waals surface area contributed by atoms with Crippen molar-refractivity contribution in [2.24, 2.45) is 5.73 Å². The maximum absolute atomic E-state index is 12.3. The topological polar surface area (TPSA) is 84.2 Å². The van der Waals surface area contributed by atoms with E-state index in [0.29, 0.717) is 11.3 Å². The molecule has 1 unspecified atom stereocenters. The van der Waals surface area contributed by atoms with Gasteiger partial charge >= 0.3 is 0 Å². The Morgan fingerprint density at radius 2 is 1.83 bits per heavy atom. The number of nitrogens with two attached hydrogens (primary N) is 1. The Balaban J connectivity index is 1.62. The number of anilines is 1. The van der Waals surface area contributed by atoms with Crippen molar-refractivity contribution in [2.75, 3.05) is 11.9 Å². The van der Waals surface area contributed by atoms with Crippen LogP contribution in [-0.4, -0.2) is 18.4 Å². The van der Waals surface area contributed by atoms with Gasteiger partial charge in [-0.2, -0.15) is 0 Å². The summed E-state index contributed by atoms with van der Waals surface area (Å²) in [4.78, 5) is 23.7. The quantitative estimate of drug-likeness (QED) is 0.790. The number of hydrogen-bond donors (Lipinski definition) is 3. The Hall–Kier alpha value is -2.82. The molecule has 2 aromatic carbocycles. The zero-order chi connectivity index (χ0) is 16.9. The molecule has 0 radical (unpaired) electrons. The van der Waals surface area contributed by atoms with Crippen molar-refractivity contribution < 1.29 is 9.59 Å². The molecule has 124 valence electrons. The molecular formula is C19H21N3O2. The van der Waals surface area contributed by atoms with Crippen molar-refractivity contribution >= 4 is 17.5 Å². The number of fused-ring (bicyclic) bond motifs is 1. The van der Waals surface area contributed by atoms with Crippen LogP contribution in [0.2, 0.25) is 0 Å². The fourth-order valence-corrected chi connectivity index (χ4v) is 3.18. The van der Waals surface area contributed by atoms with E-state index in [-0.39, 0.29) is 18.5 Å². The summed E-state index contributed by atoms with van der Waals surface area (Å²) in [5.41, 5.74) is 8.81. The summed E-state index contributed by atoms with van der Waals surface area (Å²) in [6, 6.07) is 15.2. The molecule has 0 aliphatic heterocycles. The van der Waals surface area contributed by atoms with Crippen molar-refractivity contribution in [2.45, 2.75) is 25.3 Å². The lowest BCUT2D eigenvalue weighted by Gasteiger charge is -2.26. The molecule has 1 aliphatic rings. The summed E-state index contributed by atoms with van der Waals surface area (Å²) in [7, 11) is 0. The number of nitrogens with one attached hydrogen (secondary N) is 2. The standard InChI is InChI=1S/C19H21N3O2/c20-19(24)15-9-3-4-10-16(15)21-12-18(23)22-17-11-5-7-13-6-1-2-8-14(13)17/h1-4,6,8-10,17,21H,5,7,11-12H2,(H2,20,24)(H,22,23). The summed E-state index contributed by atoms with van der Waals surface area (Å²) < 4.78 is 0. The van der Waals surface area contributed by atoms with Crippen LogP contribution < -0.4 is 16.4 Å². The Morgan fingerprint density at radius 1 is 1.08 bits per heavy atom. The molecule has 0 aromatic heterocycles. The first kappa shape index (κ1) is 16.1. The maximum atomic E-state index is 12.3. The molecule has 5 nitrogen and oxygen atoms in total. The van der Waals surface area contributed by atoms with E-state index in [1.165, 1.54) is 11.1 Å². The number of rotatable bonds is 5. The Bertz CT molecular complexity index is 758. The van der Waals surface area contributed by atoms with Crippen LogP contribution in [0, 0.1) is 0 Å². The average Bonchev–Trinajstić information content (AvgIpc) is 2.60. The number of benzene rings is 2. The number of carbonyl (C=O) groups excluding carboxylic acids is 2. The highest BCUT2D eigenvalue weighted by atomic mass is 16.2. The normalized spacial score (nSPS) is 16.1. The van der Waals surface area contributed by atoms with Crippen LogP contribution in [0.4, 0.5) is 5.69 Å². The first-order chi connectivity index (χ1) is 11.6. The van der Waals surface area contributed by atoms with Crippen molar-refractivity contribution in [1.29, 1.82) is 0 Å². The number of amides is 2. The van der Waals surface area contributed by atoms with Gasteiger partial charge in [-0.1, -0.05) is 36.4 Å². The minimum absolute atomic E-state index is 0.0515. The highest BCUT2D eigenvalue weighted by molar-refractivity contribution is 5.99. The number of hydrogen-bond acceptors (Lipinski definition) is 3. The molecular weight excluding hydrogens is 302 g/mol. The van der Waals surface area contributed by atoms with Gasteiger partial charge in [0.05, 0.1) is 18.2 Å². The van der Waals surface area contributed by atoms with E-state index in [2.05, 4.69) is 22.8 Å². The molecule has 3 rings (SSSR count). The summed E-state index contributed by atoms with van der Waals surface area (Å²) in [6.07, 6.45) is 3.08. The predicted octanol–water partition coefficient (Wildman–Crippen LogP) is 2.39. The van der Waals surface area contributed by atoms with E-state index in [1.807, 2.05) is 12.1 Å². The summed E-state index contributed by atoms with van der Waals surface area (Å²) >= 11 is 0. The van der Waals surface area contributed by atoms with Crippen LogP contribution in [0.5, 0.6) is 0 Å². The van der Waals surface area contributed by atoms with Gasteiger partial charge in [0.2, 0.25) is 5.91 Å². The van der Waals surface area contributed by atoms with Crippen LogP contribution in [-0.2, 0) is 11.2 Å². The van der Waals surface area contributed by atoms with Crippen LogP contribution in [0.25, 0.3) is 0 Å². The molecule has 0 fully saturated rings. The van der Waals surface area contributed by atoms with Gasteiger partial charge in [0.25, 0.3) is 5.91 Å². The molecule has 5 heteroatoms. The van der Waals surface area contributed by atoms with E-state index < -0.39 is 5.91 Å². The minimum atomic E-state index is -0.514. The Kier molecular flexibility index (Phi) is 4.79. The van der Waals surface area contributed by atoms with Gasteiger partial charge in [0.1, 0.15) is 0 Å². The third-order valence-corrected chi connectivity index (χ3v) is 4.34. The minimum Gasteiger partial charge on any atom is -0.376 e. The fourth-order valence-electron chi connectivity index (χ4n) is 3.18. The SMILES string of the molecule is NC(=O)c1ccccc1NCC(=O)NC1CCCc2ccccc21. The van der Waals surface area contributed by atoms with Crippen molar-refractivity contribution in [3.05, 3.63) is 65.2 Å². The van der Waals surface area contributed by atoms with Crippen LogP contribution in [0.1, 0.15) is 40.4 Å². The number of para-hydroxylation sites is 1. The average molecular weight is 323 g/mol. The van der Waals surface area contributed by atoms with Crippen molar-refractivity contribution in [1.82, 2.24) is 5.32 Å². The number of aryl methyl sites for hydroxylation is 1.